The first-order chi connectivity index (χ1) is 28.9. The van der Waals surface area contributed by atoms with Crippen LogP contribution in [0.3, 0.4) is 0 Å². The number of ether oxygens (including phenoxy) is 7. The highest BCUT2D eigenvalue weighted by Gasteiger charge is 2.66. The average molecular weight is 879 g/mol. The summed E-state index contributed by atoms with van der Waals surface area (Å²) in [5.74, 6) is -5.61. The van der Waals surface area contributed by atoms with E-state index in [0.29, 0.717) is 0 Å². The molecule has 1 N–H and O–H groups in total. The van der Waals surface area contributed by atoms with Crippen molar-refractivity contribution >= 4 is 49.7 Å². The summed E-state index contributed by atoms with van der Waals surface area (Å²) in [6.07, 6.45) is -14.3. The second-order valence-electron chi connectivity index (χ2n) is 16.9. The zero-order valence-corrected chi connectivity index (χ0v) is 37.3. The monoisotopic (exact) mass is 878 g/mol. The minimum Gasteiger partial charge on any atom is -0.467 e. The van der Waals surface area contributed by atoms with Gasteiger partial charge in [-0.1, -0.05) is 87.5 Å². The molecule has 0 aliphatic carbocycles. The lowest BCUT2D eigenvalue weighted by atomic mass is 9.81. The quantitative estimate of drug-likeness (QED) is 0.122. The van der Waals surface area contributed by atoms with E-state index in [2.05, 4.69) is 33.9 Å². The van der Waals surface area contributed by atoms with Crippen molar-refractivity contribution in [2.24, 2.45) is 5.92 Å². The minimum atomic E-state index is -2.60. The van der Waals surface area contributed by atoms with E-state index in [1.165, 1.54) is 23.9 Å². The van der Waals surface area contributed by atoms with Gasteiger partial charge in [0.15, 0.2) is 38.5 Å². The largest absolute Gasteiger partial charge is 0.467 e. The molecule has 3 aromatic rings. The van der Waals surface area contributed by atoms with E-state index in [0.717, 1.165) is 31.4 Å². The van der Waals surface area contributed by atoms with Crippen LogP contribution in [-0.2, 0) is 63.4 Å². The van der Waals surface area contributed by atoms with Gasteiger partial charge in [-0.25, -0.2) is 9.59 Å². The van der Waals surface area contributed by atoms with Crippen LogP contribution in [0.2, 0.25) is 18.1 Å². The van der Waals surface area contributed by atoms with Gasteiger partial charge in [-0.2, -0.15) is 0 Å². The van der Waals surface area contributed by atoms with E-state index >= 15 is 4.79 Å². The van der Waals surface area contributed by atoms with E-state index in [9.17, 15) is 24.3 Å². The Balaban J connectivity index is 1.47. The van der Waals surface area contributed by atoms with Crippen LogP contribution in [0, 0.1) is 5.92 Å². The summed E-state index contributed by atoms with van der Waals surface area (Å²) in [6, 6.07) is 26.6. The predicted molar refractivity (Wildman–Crippen MR) is 224 cm³/mol. The predicted octanol–water partition coefficient (Wildman–Crippen LogP) is 5.48. The summed E-state index contributed by atoms with van der Waals surface area (Å²) in [5.41, 5.74) is 0.954. The van der Waals surface area contributed by atoms with Gasteiger partial charge in [0, 0.05) is 18.7 Å². The maximum absolute atomic E-state index is 15.2. The van der Waals surface area contributed by atoms with Crippen molar-refractivity contribution in [1.29, 1.82) is 0 Å². The number of ketones is 1. The highest BCUT2D eigenvalue weighted by Crippen LogP contribution is 2.50. The Labute approximate surface area is 361 Å². The second-order valence-corrected chi connectivity index (χ2v) is 22.9. The fourth-order valence-corrected chi connectivity index (χ4v) is 10.4. The molecule has 6 rings (SSSR count). The zero-order chi connectivity index (χ0) is 44.2. The topological polar surface area (TPSA) is 179 Å². The van der Waals surface area contributed by atoms with Gasteiger partial charge in [0.1, 0.15) is 24.4 Å². The van der Waals surface area contributed by atoms with E-state index in [-0.39, 0.29) is 17.2 Å². The number of hydrogen-bond acceptors (Lipinski definition) is 15. The van der Waals surface area contributed by atoms with Gasteiger partial charge in [-0.05, 0) is 48.0 Å². The number of thioether (sulfide) groups is 1. The number of aliphatic hydroxyl groups is 1. The van der Waals surface area contributed by atoms with E-state index in [4.69, 9.17) is 37.6 Å². The van der Waals surface area contributed by atoms with Crippen LogP contribution in [0.1, 0.15) is 50.5 Å². The molecule has 3 aliphatic heterocycles. The van der Waals surface area contributed by atoms with Crippen LogP contribution in [0.15, 0.2) is 95.9 Å². The lowest BCUT2D eigenvalue weighted by molar-refractivity contribution is -0.260. The number of carbonyl (C=O) groups excluding carboxylic acids is 5. The van der Waals surface area contributed by atoms with Crippen molar-refractivity contribution in [3.63, 3.8) is 0 Å². The lowest BCUT2D eigenvalue weighted by Gasteiger charge is -2.48. The van der Waals surface area contributed by atoms with Gasteiger partial charge in [-0.15, -0.1) is 11.8 Å². The van der Waals surface area contributed by atoms with E-state index in [1.807, 2.05) is 60.7 Å². The molecular formula is C45H54O14SSi. The number of methoxy groups -OCH3 is 1. The van der Waals surface area contributed by atoms with Gasteiger partial charge in [-0.3, -0.25) is 14.4 Å². The van der Waals surface area contributed by atoms with Gasteiger partial charge >= 0.3 is 23.9 Å². The number of aliphatic hydroxyl groups excluding tert-OH is 1. The Morgan fingerprint density at radius 2 is 1.34 bits per heavy atom. The summed E-state index contributed by atoms with van der Waals surface area (Å²) >= 11 is 1.29. The summed E-state index contributed by atoms with van der Waals surface area (Å²) in [6.45, 7) is 12.8. The molecule has 16 heteroatoms. The maximum Gasteiger partial charge on any atom is 0.339 e. The Hall–Kier alpha value is -4.42. The smallest absolute Gasteiger partial charge is 0.339 e. The molecule has 0 aromatic heterocycles. The van der Waals surface area contributed by atoms with Crippen molar-refractivity contribution in [2.45, 2.75) is 131 Å². The third-order valence-corrected chi connectivity index (χ3v) is 17.5. The van der Waals surface area contributed by atoms with E-state index < -0.39 is 110 Å². The van der Waals surface area contributed by atoms with Crippen LogP contribution in [0.5, 0.6) is 0 Å². The first-order valence-electron chi connectivity index (χ1n) is 20.2. The second kappa shape index (κ2) is 19.3. The number of hydrogen-bond donors (Lipinski definition) is 1. The van der Waals surface area contributed by atoms with Gasteiger partial charge in [0.05, 0.1) is 42.7 Å². The van der Waals surface area contributed by atoms with Crippen molar-refractivity contribution in [3.05, 3.63) is 102 Å². The molecule has 3 saturated heterocycles. The molecular weight excluding hydrogens is 825 g/mol. The molecule has 3 aromatic carbocycles. The molecule has 0 unspecified atom stereocenters. The van der Waals surface area contributed by atoms with Crippen molar-refractivity contribution in [1.82, 2.24) is 0 Å². The van der Waals surface area contributed by atoms with Crippen molar-refractivity contribution in [2.75, 3.05) is 7.11 Å². The van der Waals surface area contributed by atoms with Crippen LogP contribution >= 0.6 is 11.8 Å². The van der Waals surface area contributed by atoms with Crippen LogP contribution in [-0.4, -0.2) is 116 Å². The third-order valence-electron chi connectivity index (χ3n) is 11.6. The molecule has 328 valence electrons. The standard InChI is InChI=1S/C45H54O14SSi/c1-25(46)54-36-34(57-41(44(51)52-6)38(55-26(2)47)37(36)58-43(50)28-20-14-10-15-21-28)32(49)30-31(48)33-35(53-24-27-18-12-9-13-19-27)39(59-61(7,8)45(3,4)5)40(56-33)42(30)60-29-22-16-11-17-23-29/h9-23,30,32-42,49H,24H2,1-8H3/t30-,32-,33+,34-,35-,36+,37+,38-,39+,40+,41-,42-/m0/s1. The molecule has 0 saturated carbocycles. The number of rotatable bonds is 14. The van der Waals surface area contributed by atoms with Gasteiger partial charge in [0.25, 0.3) is 0 Å². The molecule has 2 bridgehead atoms. The molecule has 3 aliphatic rings. The summed E-state index contributed by atoms with van der Waals surface area (Å²) in [5, 5.41) is 11.7. The molecule has 0 radical (unpaired) electrons. The van der Waals surface area contributed by atoms with Crippen molar-refractivity contribution in [3.8, 4) is 0 Å². The minimum absolute atomic E-state index is 0.0914. The molecule has 61 heavy (non-hydrogen) atoms. The fourth-order valence-electron chi connectivity index (χ4n) is 7.69. The molecule has 0 amide bonds. The number of carbonyl (C=O) groups is 5. The van der Waals surface area contributed by atoms with Crippen LogP contribution in [0.4, 0.5) is 0 Å². The van der Waals surface area contributed by atoms with Gasteiger partial charge < -0.3 is 42.7 Å². The average Bonchev–Trinajstić information content (AvgIpc) is 3.53. The SMILES string of the molecule is COC(=O)[C@H]1O[C@@H]([C@@H](O)[C@@H]2C(=O)[C@H]3O[C@H]([C@H](O[Si](C)(C)C(C)(C)C)[C@H]3OCc3ccccc3)[C@H]2Sc2ccccc2)[C@@H](OC(C)=O)[C@@H](OC(=O)c2ccccc2)[C@@H]1OC(C)=O. The summed E-state index contributed by atoms with van der Waals surface area (Å²) in [7, 11) is -1.52. The van der Waals surface area contributed by atoms with Crippen LogP contribution in [0.25, 0.3) is 0 Å². The Morgan fingerprint density at radius 1 is 0.770 bits per heavy atom. The number of fused-ring (bicyclic) bond motifs is 2. The Bertz CT molecular complexity index is 2010. The molecule has 12 atom stereocenters. The summed E-state index contributed by atoms with van der Waals surface area (Å²) in [4.78, 5) is 68.7. The first kappa shape index (κ1) is 46.1. The number of Topliss-reactive ketones (excluding diaryl/α,β-unsaturated/α-hetero) is 1. The van der Waals surface area contributed by atoms with Crippen LogP contribution < -0.4 is 0 Å². The van der Waals surface area contributed by atoms with E-state index in [1.54, 1.807) is 18.2 Å². The maximum atomic E-state index is 15.2. The Morgan fingerprint density at radius 3 is 1.92 bits per heavy atom. The fraction of sp³-hybridized carbons (Fsp3) is 0.489. The van der Waals surface area contributed by atoms with Gasteiger partial charge in [0.2, 0.25) is 0 Å². The Kier molecular flexibility index (Phi) is 14.6. The molecule has 3 heterocycles. The highest BCUT2D eigenvalue weighted by atomic mass is 32.2. The normalized spacial score (nSPS) is 29.3. The molecule has 0 spiro atoms. The van der Waals surface area contributed by atoms with Crippen molar-refractivity contribution < 1.29 is 66.7 Å². The zero-order valence-electron chi connectivity index (χ0n) is 35.5. The lowest BCUT2D eigenvalue weighted by Crippen LogP contribution is -2.68. The molecule has 3 fully saturated rings. The molecule has 14 nitrogen and oxygen atoms in total. The highest BCUT2D eigenvalue weighted by molar-refractivity contribution is 8.00. The number of esters is 4. The summed E-state index contributed by atoms with van der Waals surface area (Å²) < 4.78 is 49.0. The first-order valence-corrected chi connectivity index (χ1v) is 24.0. The third kappa shape index (κ3) is 10.3. The number of benzene rings is 3.